The van der Waals surface area contributed by atoms with Crippen molar-refractivity contribution in [3.8, 4) is 0 Å². The summed E-state index contributed by atoms with van der Waals surface area (Å²) in [5, 5.41) is 12.2. The van der Waals surface area contributed by atoms with Gasteiger partial charge in [-0.2, -0.15) is 0 Å². The van der Waals surface area contributed by atoms with Crippen molar-refractivity contribution in [3.05, 3.63) is 0 Å². The van der Waals surface area contributed by atoms with E-state index in [1.165, 1.54) is 38.5 Å². The number of hydrogen-bond acceptors (Lipinski definition) is 2. The van der Waals surface area contributed by atoms with Crippen LogP contribution in [0.3, 0.4) is 0 Å². The zero-order chi connectivity index (χ0) is 14.9. The van der Waals surface area contributed by atoms with Gasteiger partial charge in [0.05, 0.1) is 11.8 Å². The molecule has 2 N–H and O–H groups in total. The van der Waals surface area contributed by atoms with Crippen LogP contribution in [0.1, 0.15) is 59.3 Å². The standard InChI is InChI=1S/C16H27NO3/c1-10(11-8-6-4-5-7-9-11)17-14(18)12-13(15(19)20)16(12,2)3/h10-13H,4-9H2,1-3H3,(H,17,18)(H,19,20)/t10-,12+,13-/m0/s1. The van der Waals surface area contributed by atoms with Gasteiger partial charge < -0.3 is 10.4 Å². The highest BCUT2D eigenvalue weighted by atomic mass is 16.4. The number of amides is 1. The number of carboxylic acid groups (broad SMARTS) is 1. The average Bonchev–Trinajstić information content (AvgIpc) is 3.01. The summed E-state index contributed by atoms with van der Waals surface area (Å²) in [4.78, 5) is 23.4. The summed E-state index contributed by atoms with van der Waals surface area (Å²) in [5.74, 6) is -1.26. The molecule has 0 unspecified atom stereocenters. The topological polar surface area (TPSA) is 66.4 Å². The first-order chi connectivity index (χ1) is 9.35. The molecule has 2 saturated carbocycles. The second-order valence-corrected chi connectivity index (χ2v) is 7.16. The smallest absolute Gasteiger partial charge is 0.307 e. The van der Waals surface area contributed by atoms with Crippen LogP contribution in [-0.2, 0) is 9.59 Å². The fraction of sp³-hybridized carbons (Fsp3) is 0.875. The van der Waals surface area contributed by atoms with Crippen LogP contribution in [0.5, 0.6) is 0 Å². The van der Waals surface area contributed by atoms with Gasteiger partial charge in [-0.15, -0.1) is 0 Å². The third-order valence-electron chi connectivity index (χ3n) is 5.35. The molecule has 1 amide bonds. The number of carbonyl (C=O) groups is 2. The summed E-state index contributed by atoms with van der Waals surface area (Å²) in [6, 6.07) is 0.159. The molecule has 0 spiro atoms. The van der Waals surface area contributed by atoms with Gasteiger partial charge in [-0.25, -0.2) is 0 Å². The minimum Gasteiger partial charge on any atom is -0.481 e. The third kappa shape index (κ3) is 2.99. The second-order valence-electron chi connectivity index (χ2n) is 7.16. The summed E-state index contributed by atoms with van der Waals surface area (Å²) in [5.41, 5.74) is -0.404. The molecule has 0 aromatic rings. The number of carbonyl (C=O) groups excluding carboxylic acids is 1. The Morgan fingerprint density at radius 1 is 1.10 bits per heavy atom. The SMILES string of the molecule is C[C@H](NC(=O)[C@H]1[C@@H](C(=O)O)C1(C)C)C1CCCCCC1. The molecule has 2 aliphatic carbocycles. The molecule has 2 aliphatic rings. The fourth-order valence-electron chi connectivity index (χ4n) is 3.83. The molecule has 0 bridgehead atoms. The molecule has 0 heterocycles. The van der Waals surface area contributed by atoms with Crippen molar-refractivity contribution in [2.24, 2.45) is 23.2 Å². The van der Waals surface area contributed by atoms with E-state index in [9.17, 15) is 9.59 Å². The minimum atomic E-state index is -0.850. The number of carboxylic acids is 1. The number of aliphatic carboxylic acids is 1. The predicted octanol–water partition coefficient (Wildman–Crippen LogP) is 2.82. The van der Waals surface area contributed by atoms with Crippen LogP contribution in [0.4, 0.5) is 0 Å². The Bertz CT molecular complexity index is 383. The van der Waals surface area contributed by atoms with E-state index in [1.807, 2.05) is 13.8 Å². The molecule has 0 aromatic carbocycles. The van der Waals surface area contributed by atoms with Gasteiger partial charge in [0.15, 0.2) is 0 Å². The van der Waals surface area contributed by atoms with Crippen LogP contribution in [-0.4, -0.2) is 23.0 Å². The second kappa shape index (κ2) is 5.74. The summed E-state index contributed by atoms with van der Waals surface area (Å²) in [7, 11) is 0. The van der Waals surface area contributed by atoms with E-state index in [2.05, 4.69) is 12.2 Å². The summed E-state index contributed by atoms with van der Waals surface area (Å²) < 4.78 is 0. The highest BCUT2D eigenvalue weighted by Gasteiger charge is 2.65. The van der Waals surface area contributed by atoms with Crippen molar-refractivity contribution in [2.45, 2.75) is 65.3 Å². The number of rotatable bonds is 4. The number of hydrogen-bond donors (Lipinski definition) is 2. The van der Waals surface area contributed by atoms with E-state index in [1.54, 1.807) is 0 Å². The maximum absolute atomic E-state index is 12.3. The van der Waals surface area contributed by atoms with Crippen molar-refractivity contribution in [2.75, 3.05) is 0 Å². The Hall–Kier alpha value is -1.06. The van der Waals surface area contributed by atoms with Gasteiger partial charge in [0.1, 0.15) is 0 Å². The molecule has 0 aromatic heterocycles. The van der Waals surface area contributed by atoms with Gasteiger partial charge in [-0.05, 0) is 31.1 Å². The van der Waals surface area contributed by atoms with Crippen LogP contribution in [0.15, 0.2) is 0 Å². The van der Waals surface area contributed by atoms with E-state index >= 15 is 0 Å². The molecule has 0 aliphatic heterocycles. The van der Waals surface area contributed by atoms with Crippen LogP contribution < -0.4 is 5.32 Å². The van der Waals surface area contributed by atoms with E-state index in [0.29, 0.717) is 5.92 Å². The Balaban J connectivity index is 1.90. The molecular weight excluding hydrogens is 254 g/mol. The molecule has 0 radical (unpaired) electrons. The third-order valence-corrected chi connectivity index (χ3v) is 5.35. The lowest BCUT2D eigenvalue weighted by Gasteiger charge is -2.24. The molecule has 0 saturated heterocycles. The fourth-order valence-corrected chi connectivity index (χ4v) is 3.83. The highest BCUT2D eigenvalue weighted by molar-refractivity contribution is 5.91. The average molecular weight is 281 g/mol. The first kappa shape index (κ1) is 15.3. The van der Waals surface area contributed by atoms with Gasteiger partial charge in [0.25, 0.3) is 0 Å². The normalized spacial score (nSPS) is 31.1. The zero-order valence-electron chi connectivity index (χ0n) is 12.8. The lowest BCUT2D eigenvalue weighted by atomic mass is 9.93. The van der Waals surface area contributed by atoms with Gasteiger partial charge in [-0.3, -0.25) is 9.59 Å². The van der Waals surface area contributed by atoms with E-state index < -0.39 is 17.3 Å². The van der Waals surface area contributed by atoms with Crippen molar-refractivity contribution >= 4 is 11.9 Å². The van der Waals surface area contributed by atoms with Crippen LogP contribution >= 0.6 is 0 Å². The van der Waals surface area contributed by atoms with Crippen molar-refractivity contribution in [1.82, 2.24) is 5.32 Å². The van der Waals surface area contributed by atoms with E-state index in [4.69, 9.17) is 5.11 Å². The van der Waals surface area contributed by atoms with E-state index in [-0.39, 0.29) is 17.9 Å². The lowest BCUT2D eigenvalue weighted by molar-refractivity contribution is -0.140. The van der Waals surface area contributed by atoms with E-state index in [0.717, 1.165) is 0 Å². The van der Waals surface area contributed by atoms with Crippen LogP contribution in [0, 0.1) is 23.2 Å². The Morgan fingerprint density at radius 2 is 1.65 bits per heavy atom. The Morgan fingerprint density at radius 3 is 2.10 bits per heavy atom. The molecule has 4 nitrogen and oxygen atoms in total. The maximum atomic E-state index is 12.3. The van der Waals surface area contributed by atoms with Crippen molar-refractivity contribution in [3.63, 3.8) is 0 Å². The summed E-state index contributed by atoms with van der Waals surface area (Å²) in [6.07, 6.45) is 7.45. The first-order valence-corrected chi connectivity index (χ1v) is 7.89. The molecule has 2 rings (SSSR count). The molecule has 3 atom stereocenters. The first-order valence-electron chi connectivity index (χ1n) is 7.89. The van der Waals surface area contributed by atoms with Crippen molar-refractivity contribution < 1.29 is 14.7 Å². The lowest BCUT2D eigenvalue weighted by Crippen LogP contribution is -2.39. The molecule has 4 heteroatoms. The summed E-state index contributed by atoms with van der Waals surface area (Å²) >= 11 is 0. The number of nitrogens with one attached hydrogen (secondary N) is 1. The molecule has 2 fully saturated rings. The minimum absolute atomic E-state index is 0.0702. The molecular formula is C16H27NO3. The zero-order valence-corrected chi connectivity index (χ0v) is 12.8. The van der Waals surface area contributed by atoms with Crippen molar-refractivity contribution in [1.29, 1.82) is 0 Å². The molecule has 20 heavy (non-hydrogen) atoms. The monoisotopic (exact) mass is 281 g/mol. The van der Waals surface area contributed by atoms with Gasteiger partial charge in [0, 0.05) is 6.04 Å². The van der Waals surface area contributed by atoms with Gasteiger partial charge in [-0.1, -0.05) is 39.5 Å². The quantitative estimate of drug-likeness (QED) is 0.779. The largest absolute Gasteiger partial charge is 0.481 e. The predicted molar refractivity (Wildman–Crippen MR) is 77.2 cm³/mol. The van der Waals surface area contributed by atoms with Gasteiger partial charge in [0.2, 0.25) is 5.91 Å². The Kier molecular flexibility index (Phi) is 4.40. The van der Waals surface area contributed by atoms with Crippen LogP contribution in [0.2, 0.25) is 0 Å². The Labute approximate surface area is 121 Å². The van der Waals surface area contributed by atoms with Crippen LogP contribution in [0.25, 0.3) is 0 Å². The van der Waals surface area contributed by atoms with Gasteiger partial charge >= 0.3 is 5.97 Å². The molecule has 114 valence electrons. The summed E-state index contributed by atoms with van der Waals surface area (Å²) in [6.45, 7) is 5.80. The highest BCUT2D eigenvalue weighted by Crippen LogP contribution is 2.58. The maximum Gasteiger partial charge on any atom is 0.307 e.